The third-order valence-corrected chi connectivity index (χ3v) is 3.05. The summed E-state index contributed by atoms with van der Waals surface area (Å²) in [6.07, 6.45) is 0. The van der Waals surface area contributed by atoms with Crippen molar-refractivity contribution in [2.75, 3.05) is 10.6 Å². The average Bonchev–Trinajstić information content (AvgIpc) is 2.42. The summed E-state index contributed by atoms with van der Waals surface area (Å²) in [5.74, 6) is -1.10. The van der Waals surface area contributed by atoms with Crippen molar-refractivity contribution in [3.05, 3.63) is 53.3 Å². The van der Waals surface area contributed by atoms with Crippen molar-refractivity contribution in [2.45, 2.75) is 20.4 Å². The van der Waals surface area contributed by atoms with E-state index in [9.17, 15) is 9.18 Å². The van der Waals surface area contributed by atoms with E-state index in [2.05, 4.69) is 10.6 Å². The maximum atomic E-state index is 13.2. The monoisotopic (exact) mass is 288 g/mol. The van der Waals surface area contributed by atoms with Gasteiger partial charge in [0.15, 0.2) is 11.6 Å². The number of halogens is 1. The van der Waals surface area contributed by atoms with E-state index in [1.807, 2.05) is 25.1 Å². The van der Waals surface area contributed by atoms with E-state index in [0.717, 1.165) is 22.5 Å². The number of nitrogens with one attached hydrogen (secondary N) is 2. The van der Waals surface area contributed by atoms with Gasteiger partial charge in [-0.25, -0.2) is 4.39 Å². The normalized spacial score (nSPS) is 10.2. The molecule has 0 saturated carbocycles. The molecular formula is C16H17FN2O2. The number of rotatable bonds is 4. The average molecular weight is 288 g/mol. The van der Waals surface area contributed by atoms with E-state index in [1.54, 1.807) is 6.07 Å². The van der Waals surface area contributed by atoms with Crippen LogP contribution >= 0.6 is 0 Å². The molecule has 0 saturated heterocycles. The summed E-state index contributed by atoms with van der Waals surface area (Å²) in [7, 11) is 0. The lowest BCUT2D eigenvalue weighted by atomic mass is 10.1. The second-order valence-electron chi connectivity index (χ2n) is 4.85. The second kappa shape index (κ2) is 6.26. The smallest absolute Gasteiger partial charge is 0.221 e. The van der Waals surface area contributed by atoms with Gasteiger partial charge in [-0.3, -0.25) is 4.79 Å². The minimum Gasteiger partial charge on any atom is -0.505 e. The van der Waals surface area contributed by atoms with Crippen molar-refractivity contribution in [3.8, 4) is 5.75 Å². The molecule has 0 aromatic heterocycles. The number of aromatic hydroxyl groups is 1. The summed E-state index contributed by atoms with van der Waals surface area (Å²) in [4.78, 5) is 11.0. The Morgan fingerprint density at radius 1 is 1.24 bits per heavy atom. The maximum Gasteiger partial charge on any atom is 0.221 e. The van der Waals surface area contributed by atoms with Crippen LogP contribution in [0.25, 0.3) is 0 Å². The quantitative estimate of drug-likeness (QED) is 0.808. The van der Waals surface area contributed by atoms with Gasteiger partial charge in [-0.05, 0) is 48.4 Å². The number of phenolic OH excluding ortho intramolecular Hbond substituents is 1. The van der Waals surface area contributed by atoms with E-state index in [1.165, 1.54) is 19.1 Å². The van der Waals surface area contributed by atoms with Gasteiger partial charge in [0.2, 0.25) is 5.91 Å². The fourth-order valence-corrected chi connectivity index (χ4v) is 1.97. The van der Waals surface area contributed by atoms with Gasteiger partial charge in [0.1, 0.15) is 0 Å². The van der Waals surface area contributed by atoms with E-state index >= 15 is 0 Å². The molecule has 0 radical (unpaired) electrons. The van der Waals surface area contributed by atoms with E-state index in [4.69, 9.17) is 5.11 Å². The molecule has 0 aliphatic carbocycles. The first-order chi connectivity index (χ1) is 9.95. The Balaban J connectivity index is 2.04. The first-order valence-electron chi connectivity index (χ1n) is 6.55. The number of phenols is 1. The van der Waals surface area contributed by atoms with Gasteiger partial charge >= 0.3 is 0 Å². The molecule has 2 aromatic carbocycles. The van der Waals surface area contributed by atoms with E-state index in [0.29, 0.717) is 6.54 Å². The van der Waals surface area contributed by atoms with Crippen LogP contribution in [0.1, 0.15) is 18.1 Å². The largest absolute Gasteiger partial charge is 0.505 e. The first kappa shape index (κ1) is 14.8. The molecule has 0 atom stereocenters. The Hall–Kier alpha value is -2.56. The standard InChI is InChI=1S/C16H17FN2O2/c1-10-7-13(4-5-15(10)19-11(2)20)18-9-12-3-6-16(21)14(17)8-12/h3-8,18,21H,9H2,1-2H3,(H,19,20). The summed E-state index contributed by atoms with van der Waals surface area (Å²) in [5.41, 5.74) is 3.31. The number of anilines is 2. The van der Waals surface area contributed by atoms with Crippen molar-refractivity contribution < 1.29 is 14.3 Å². The van der Waals surface area contributed by atoms with Crippen LogP contribution in [-0.2, 0) is 11.3 Å². The molecule has 0 fully saturated rings. The molecule has 0 heterocycles. The van der Waals surface area contributed by atoms with Gasteiger partial charge in [-0.2, -0.15) is 0 Å². The molecule has 0 spiro atoms. The van der Waals surface area contributed by atoms with Crippen molar-refractivity contribution >= 4 is 17.3 Å². The van der Waals surface area contributed by atoms with Crippen LogP contribution < -0.4 is 10.6 Å². The SMILES string of the molecule is CC(=O)Nc1ccc(NCc2ccc(O)c(F)c2)cc1C. The third kappa shape index (κ3) is 3.95. The van der Waals surface area contributed by atoms with Gasteiger partial charge in [-0.1, -0.05) is 6.07 Å². The predicted octanol–water partition coefficient (Wildman–Crippen LogP) is 3.41. The predicted molar refractivity (Wildman–Crippen MR) is 80.9 cm³/mol. The second-order valence-corrected chi connectivity index (χ2v) is 4.85. The van der Waals surface area contributed by atoms with Crippen LogP contribution in [0.2, 0.25) is 0 Å². The lowest BCUT2D eigenvalue weighted by Gasteiger charge is -2.11. The Labute approximate surface area is 122 Å². The lowest BCUT2D eigenvalue weighted by molar-refractivity contribution is -0.114. The molecular weight excluding hydrogens is 271 g/mol. The number of carbonyl (C=O) groups excluding carboxylic acids is 1. The molecule has 3 N–H and O–H groups in total. The first-order valence-corrected chi connectivity index (χ1v) is 6.55. The van der Waals surface area contributed by atoms with Gasteiger partial charge in [0.25, 0.3) is 0 Å². The minimum absolute atomic E-state index is 0.113. The highest BCUT2D eigenvalue weighted by atomic mass is 19.1. The van der Waals surface area contributed by atoms with E-state index in [-0.39, 0.29) is 11.7 Å². The molecule has 0 unspecified atom stereocenters. The molecule has 1 amide bonds. The van der Waals surface area contributed by atoms with Crippen LogP contribution in [0, 0.1) is 12.7 Å². The highest BCUT2D eigenvalue weighted by molar-refractivity contribution is 5.89. The lowest BCUT2D eigenvalue weighted by Crippen LogP contribution is -2.07. The topological polar surface area (TPSA) is 61.4 Å². The molecule has 0 aliphatic heterocycles. The van der Waals surface area contributed by atoms with Gasteiger partial charge in [0, 0.05) is 24.8 Å². The Morgan fingerprint density at radius 3 is 2.62 bits per heavy atom. The molecule has 4 nitrogen and oxygen atoms in total. The van der Waals surface area contributed by atoms with Crippen molar-refractivity contribution in [1.82, 2.24) is 0 Å². The Morgan fingerprint density at radius 2 is 2.00 bits per heavy atom. The summed E-state index contributed by atoms with van der Waals surface area (Å²) in [6, 6.07) is 9.84. The fourth-order valence-electron chi connectivity index (χ4n) is 1.97. The van der Waals surface area contributed by atoms with Crippen molar-refractivity contribution in [1.29, 1.82) is 0 Å². The Bertz CT molecular complexity index is 671. The zero-order valence-corrected chi connectivity index (χ0v) is 11.9. The summed E-state index contributed by atoms with van der Waals surface area (Å²) in [6.45, 7) is 3.80. The summed E-state index contributed by atoms with van der Waals surface area (Å²) < 4.78 is 13.2. The van der Waals surface area contributed by atoms with Crippen LogP contribution in [0.4, 0.5) is 15.8 Å². The Kier molecular flexibility index (Phi) is 4.42. The van der Waals surface area contributed by atoms with Crippen molar-refractivity contribution in [2.24, 2.45) is 0 Å². The molecule has 5 heteroatoms. The van der Waals surface area contributed by atoms with Crippen LogP contribution in [0.15, 0.2) is 36.4 Å². The number of carbonyl (C=O) groups is 1. The van der Waals surface area contributed by atoms with Crippen molar-refractivity contribution in [3.63, 3.8) is 0 Å². The summed E-state index contributed by atoms with van der Waals surface area (Å²) >= 11 is 0. The molecule has 110 valence electrons. The van der Waals surface area contributed by atoms with E-state index < -0.39 is 5.82 Å². The zero-order chi connectivity index (χ0) is 15.4. The zero-order valence-electron chi connectivity index (χ0n) is 11.9. The fraction of sp³-hybridized carbons (Fsp3) is 0.188. The van der Waals surface area contributed by atoms with Crippen LogP contribution in [-0.4, -0.2) is 11.0 Å². The summed E-state index contributed by atoms with van der Waals surface area (Å²) in [5, 5.41) is 15.0. The van der Waals surface area contributed by atoms with Crippen LogP contribution in [0.5, 0.6) is 5.75 Å². The molecule has 21 heavy (non-hydrogen) atoms. The number of hydrogen-bond donors (Lipinski definition) is 3. The molecule has 2 aromatic rings. The third-order valence-electron chi connectivity index (χ3n) is 3.05. The number of hydrogen-bond acceptors (Lipinski definition) is 3. The van der Waals surface area contributed by atoms with Gasteiger partial charge in [-0.15, -0.1) is 0 Å². The highest BCUT2D eigenvalue weighted by Crippen LogP contribution is 2.21. The molecule has 0 aliphatic rings. The number of aryl methyl sites for hydroxylation is 1. The molecule has 0 bridgehead atoms. The maximum absolute atomic E-state index is 13.2. The van der Waals surface area contributed by atoms with Gasteiger partial charge in [0.05, 0.1) is 0 Å². The molecule has 2 rings (SSSR count). The number of benzene rings is 2. The van der Waals surface area contributed by atoms with Gasteiger partial charge < -0.3 is 15.7 Å². The highest BCUT2D eigenvalue weighted by Gasteiger charge is 2.04. The minimum atomic E-state index is -0.633. The number of amides is 1. The van der Waals surface area contributed by atoms with Crippen LogP contribution in [0.3, 0.4) is 0 Å².